The molecule has 22 heavy (non-hydrogen) atoms. The maximum atomic E-state index is 11.4. The van der Waals surface area contributed by atoms with Gasteiger partial charge in [-0.2, -0.15) is 0 Å². The Bertz CT molecular complexity index is 571. The maximum Gasteiger partial charge on any atom is 0.407 e. The third kappa shape index (κ3) is 6.43. The second-order valence-electron chi connectivity index (χ2n) is 6.00. The minimum absolute atomic E-state index is 0.309. The van der Waals surface area contributed by atoms with E-state index in [9.17, 15) is 9.59 Å². The van der Waals surface area contributed by atoms with Gasteiger partial charge in [-0.25, -0.2) is 9.59 Å². The molecule has 0 fully saturated rings. The first kappa shape index (κ1) is 17.8. The maximum absolute atomic E-state index is 11.4. The molecule has 0 saturated carbocycles. The Kier molecular flexibility index (Phi) is 6.16. The van der Waals surface area contributed by atoms with E-state index in [1.165, 1.54) is 0 Å². The molecule has 0 radical (unpaired) electrons. The number of nitrogens with one attached hydrogen (secondary N) is 1. The molecule has 5 heteroatoms. The first-order chi connectivity index (χ1) is 10.2. The number of alkyl carbamates (subject to hydrolysis) is 1. The van der Waals surface area contributed by atoms with Crippen LogP contribution in [0.2, 0.25) is 0 Å². The Balaban J connectivity index is 2.42. The third-order valence-corrected chi connectivity index (χ3v) is 2.77. The topological polar surface area (TPSA) is 75.6 Å². The third-order valence-electron chi connectivity index (χ3n) is 2.77. The number of rotatable bonds is 5. The van der Waals surface area contributed by atoms with E-state index in [0.717, 1.165) is 11.1 Å². The van der Waals surface area contributed by atoms with E-state index >= 15 is 0 Å². The smallest absolute Gasteiger partial charge is 0.407 e. The van der Waals surface area contributed by atoms with Crippen LogP contribution in [0.1, 0.15) is 48.7 Å². The predicted octanol–water partition coefficient (Wildman–Crippen LogP) is 3.62. The quantitative estimate of drug-likeness (QED) is 0.815. The molecule has 0 aliphatic carbocycles. The highest BCUT2D eigenvalue weighted by atomic mass is 16.6. The van der Waals surface area contributed by atoms with Crippen LogP contribution in [0, 0.1) is 6.92 Å². The fourth-order valence-electron chi connectivity index (χ4n) is 1.82. The summed E-state index contributed by atoms with van der Waals surface area (Å²) in [6.07, 6.45) is 4.06. The van der Waals surface area contributed by atoms with Gasteiger partial charge in [0.1, 0.15) is 5.60 Å². The van der Waals surface area contributed by atoms with Crippen LogP contribution >= 0.6 is 0 Å². The van der Waals surface area contributed by atoms with E-state index < -0.39 is 17.7 Å². The van der Waals surface area contributed by atoms with Crippen LogP contribution in [0.15, 0.2) is 24.3 Å². The largest absolute Gasteiger partial charge is 0.478 e. The molecule has 0 aromatic heterocycles. The zero-order valence-electron chi connectivity index (χ0n) is 13.5. The Labute approximate surface area is 131 Å². The number of aromatic carboxylic acids is 1. The fourth-order valence-corrected chi connectivity index (χ4v) is 1.82. The molecular weight excluding hydrogens is 282 g/mol. The number of carbonyl (C=O) groups excluding carboxylic acids is 1. The summed E-state index contributed by atoms with van der Waals surface area (Å²) in [4.78, 5) is 22.3. The predicted molar refractivity (Wildman–Crippen MR) is 86.0 cm³/mol. The van der Waals surface area contributed by atoms with E-state index in [1.807, 2.05) is 39.0 Å². The number of carboxylic acid groups (broad SMARTS) is 1. The molecule has 0 saturated heterocycles. The van der Waals surface area contributed by atoms with Crippen LogP contribution in [0.25, 0.3) is 6.08 Å². The van der Waals surface area contributed by atoms with Crippen molar-refractivity contribution in [1.29, 1.82) is 0 Å². The molecule has 0 unspecified atom stereocenters. The van der Waals surface area contributed by atoms with Gasteiger partial charge in [-0.3, -0.25) is 0 Å². The number of hydrogen-bond donors (Lipinski definition) is 2. The molecule has 5 nitrogen and oxygen atoms in total. The van der Waals surface area contributed by atoms with Gasteiger partial charge in [0.25, 0.3) is 0 Å². The lowest BCUT2D eigenvalue weighted by Crippen LogP contribution is -2.32. The van der Waals surface area contributed by atoms with Crippen LogP contribution in [0.4, 0.5) is 4.79 Å². The zero-order valence-corrected chi connectivity index (χ0v) is 13.5. The van der Waals surface area contributed by atoms with Crippen molar-refractivity contribution >= 4 is 18.1 Å². The molecule has 0 bridgehead atoms. The number of hydrogen-bond acceptors (Lipinski definition) is 3. The van der Waals surface area contributed by atoms with Crippen molar-refractivity contribution in [3.8, 4) is 0 Å². The highest BCUT2D eigenvalue weighted by Crippen LogP contribution is 2.12. The highest BCUT2D eigenvalue weighted by molar-refractivity contribution is 5.89. The zero-order chi connectivity index (χ0) is 16.8. The van der Waals surface area contributed by atoms with Crippen molar-refractivity contribution in [2.75, 3.05) is 6.54 Å². The summed E-state index contributed by atoms with van der Waals surface area (Å²) in [6.45, 7) is 7.70. The molecule has 0 spiro atoms. The molecule has 0 heterocycles. The molecular formula is C17H23NO4. The van der Waals surface area contributed by atoms with Crippen molar-refractivity contribution < 1.29 is 19.4 Å². The lowest BCUT2D eigenvalue weighted by Gasteiger charge is -2.19. The first-order valence-electron chi connectivity index (χ1n) is 7.16. The monoisotopic (exact) mass is 305 g/mol. The normalized spacial score (nSPS) is 11.5. The number of carbonyl (C=O) groups is 2. The first-order valence-corrected chi connectivity index (χ1v) is 7.16. The van der Waals surface area contributed by atoms with E-state index in [4.69, 9.17) is 9.84 Å². The fraction of sp³-hybridized carbons (Fsp3) is 0.412. The van der Waals surface area contributed by atoms with Crippen LogP contribution in [-0.2, 0) is 4.74 Å². The molecule has 1 amide bonds. The Morgan fingerprint density at radius 1 is 1.32 bits per heavy atom. The molecule has 1 aromatic carbocycles. The van der Waals surface area contributed by atoms with Gasteiger partial charge in [0.2, 0.25) is 0 Å². The summed E-state index contributed by atoms with van der Waals surface area (Å²) in [5.74, 6) is -0.922. The van der Waals surface area contributed by atoms with Gasteiger partial charge in [-0.05, 0) is 51.3 Å². The van der Waals surface area contributed by atoms with Gasteiger partial charge in [-0.15, -0.1) is 0 Å². The van der Waals surface area contributed by atoms with Crippen molar-refractivity contribution in [3.63, 3.8) is 0 Å². The van der Waals surface area contributed by atoms with Gasteiger partial charge < -0.3 is 15.2 Å². The van der Waals surface area contributed by atoms with Gasteiger partial charge in [-0.1, -0.05) is 24.3 Å². The second-order valence-corrected chi connectivity index (χ2v) is 6.00. The van der Waals surface area contributed by atoms with Crippen LogP contribution in [-0.4, -0.2) is 29.3 Å². The van der Waals surface area contributed by atoms with E-state index in [2.05, 4.69) is 5.32 Å². The Morgan fingerprint density at radius 3 is 2.55 bits per heavy atom. The molecule has 1 rings (SSSR count). The summed E-state index contributed by atoms with van der Waals surface area (Å²) >= 11 is 0. The Morgan fingerprint density at radius 2 is 2.00 bits per heavy atom. The molecule has 0 atom stereocenters. The summed E-state index contributed by atoms with van der Waals surface area (Å²) in [7, 11) is 0. The molecule has 120 valence electrons. The molecule has 2 N–H and O–H groups in total. The van der Waals surface area contributed by atoms with Gasteiger partial charge in [0.05, 0.1) is 5.56 Å². The number of aryl methyl sites for hydroxylation is 1. The molecule has 1 aromatic rings. The minimum Gasteiger partial charge on any atom is -0.478 e. The molecule has 0 aliphatic heterocycles. The van der Waals surface area contributed by atoms with E-state index in [1.54, 1.807) is 19.1 Å². The summed E-state index contributed by atoms with van der Waals surface area (Å²) in [5.41, 5.74) is 1.47. The lowest BCUT2D eigenvalue weighted by molar-refractivity contribution is 0.0528. The van der Waals surface area contributed by atoms with Crippen molar-refractivity contribution in [2.45, 2.75) is 39.7 Å². The van der Waals surface area contributed by atoms with Crippen molar-refractivity contribution in [3.05, 3.63) is 41.0 Å². The van der Waals surface area contributed by atoms with Crippen molar-refractivity contribution in [1.82, 2.24) is 5.32 Å². The minimum atomic E-state index is -0.922. The summed E-state index contributed by atoms with van der Waals surface area (Å²) < 4.78 is 5.12. The summed E-state index contributed by atoms with van der Waals surface area (Å²) in [6, 6.07) is 5.17. The van der Waals surface area contributed by atoms with Crippen molar-refractivity contribution in [2.24, 2.45) is 0 Å². The van der Waals surface area contributed by atoms with E-state index in [0.29, 0.717) is 18.5 Å². The number of carboxylic acids is 1. The SMILES string of the molecule is Cc1cc(C=CCCNC(=O)OC(C)(C)C)ccc1C(=O)O. The lowest BCUT2D eigenvalue weighted by atomic mass is 10.0. The second kappa shape index (κ2) is 7.64. The highest BCUT2D eigenvalue weighted by Gasteiger charge is 2.15. The van der Waals surface area contributed by atoms with Crippen LogP contribution < -0.4 is 5.32 Å². The number of amides is 1. The Hall–Kier alpha value is -2.30. The summed E-state index contributed by atoms with van der Waals surface area (Å²) in [5, 5.41) is 11.6. The van der Waals surface area contributed by atoms with Gasteiger partial charge >= 0.3 is 12.1 Å². The standard InChI is InChI=1S/C17H23NO4/c1-12-11-13(8-9-14(12)15(19)20)7-5-6-10-18-16(21)22-17(2,3)4/h5,7-9,11H,6,10H2,1-4H3,(H,18,21)(H,19,20). The molecule has 0 aliphatic rings. The van der Waals surface area contributed by atoms with Crippen LogP contribution in [0.3, 0.4) is 0 Å². The van der Waals surface area contributed by atoms with Crippen LogP contribution in [0.5, 0.6) is 0 Å². The van der Waals surface area contributed by atoms with Gasteiger partial charge in [0, 0.05) is 6.54 Å². The number of benzene rings is 1. The van der Waals surface area contributed by atoms with E-state index in [-0.39, 0.29) is 0 Å². The average Bonchev–Trinajstić information content (AvgIpc) is 2.35. The van der Waals surface area contributed by atoms with Gasteiger partial charge in [0.15, 0.2) is 0 Å². The number of ether oxygens (including phenoxy) is 1. The average molecular weight is 305 g/mol.